The van der Waals surface area contributed by atoms with Gasteiger partial charge in [-0.1, -0.05) is 12.1 Å². The summed E-state index contributed by atoms with van der Waals surface area (Å²) in [5.41, 5.74) is 0.898. The van der Waals surface area contributed by atoms with Crippen molar-refractivity contribution in [3.63, 3.8) is 0 Å². The Labute approximate surface area is 163 Å². The highest BCUT2D eigenvalue weighted by Gasteiger charge is 2.17. The average Bonchev–Trinajstić information content (AvgIpc) is 2.69. The van der Waals surface area contributed by atoms with E-state index in [1.807, 2.05) is 6.92 Å². The molecular formula is C21H24FNO5. The molecule has 0 unspecified atom stereocenters. The van der Waals surface area contributed by atoms with Crippen molar-refractivity contribution < 1.29 is 28.2 Å². The van der Waals surface area contributed by atoms with Crippen LogP contribution in [0, 0.1) is 5.82 Å². The van der Waals surface area contributed by atoms with Gasteiger partial charge in [-0.3, -0.25) is 4.79 Å². The second kappa shape index (κ2) is 10.9. The summed E-state index contributed by atoms with van der Waals surface area (Å²) < 4.78 is 28.6. The topological polar surface area (TPSA) is 73.9 Å². The Bertz CT molecular complexity index is 761. The molecule has 0 radical (unpaired) electrons. The van der Waals surface area contributed by atoms with E-state index in [9.17, 15) is 14.0 Å². The van der Waals surface area contributed by atoms with Crippen molar-refractivity contribution in [2.75, 3.05) is 19.8 Å². The third kappa shape index (κ3) is 7.26. The number of esters is 1. The normalized spacial score (nSPS) is 11.4. The van der Waals surface area contributed by atoms with Crippen molar-refractivity contribution in [1.82, 2.24) is 5.32 Å². The first kappa shape index (κ1) is 21.2. The molecule has 6 nitrogen and oxygen atoms in total. The molecule has 1 atom stereocenters. The standard InChI is InChI=1S/C21H24FNO5/c1-3-26-18-8-10-19(11-9-18)27-14-20(24)28-15(2)21(25)23-13-12-16-4-6-17(22)7-5-16/h4-11,15H,3,12-14H2,1-2H3,(H,23,25)/t15-/m1/s1. The highest BCUT2D eigenvalue weighted by molar-refractivity contribution is 5.83. The van der Waals surface area contributed by atoms with Crippen molar-refractivity contribution in [3.05, 3.63) is 59.9 Å². The minimum atomic E-state index is -0.940. The minimum absolute atomic E-state index is 0.304. The zero-order valence-corrected chi connectivity index (χ0v) is 15.9. The molecule has 150 valence electrons. The van der Waals surface area contributed by atoms with Gasteiger partial charge >= 0.3 is 5.97 Å². The largest absolute Gasteiger partial charge is 0.494 e. The summed E-state index contributed by atoms with van der Waals surface area (Å²) in [4.78, 5) is 23.8. The third-order valence-electron chi connectivity index (χ3n) is 3.80. The fourth-order valence-corrected chi connectivity index (χ4v) is 2.35. The number of hydrogen-bond donors (Lipinski definition) is 1. The van der Waals surface area contributed by atoms with Gasteiger partial charge in [0.2, 0.25) is 0 Å². The van der Waals surface area contributed by atoms with E-state index in [2.05, 4.69) is 5.32 Å². The Balaban J connectivity index is 1.67. The Morgan fingerprint density at radius 1 is 1.00 bits per heavy atom. The SMILES string of the molecule is CCOc1ccc(OCC(=O)O[C@H](C)C(=O)NCCc2ccc(F)cc2)cc1. The lowest BCUT2D eigenvalue weighted by atomic mass is 10.1. The maximum absolute atomic E-state index is 12.9. The predicted molar refractivity (Wildman–Crippen MR) is 102 cm³/mol. The van der Waals surface area contributed by atoms with Gasteiger partial charge in [-0.25, -0.2) is 9.18 Å². The molecule has 0 aromatic heterocycles. The van der Waals surface area contributed by atoms with E-state index >= 15 is 0 Å². The highest BCUT2D eigenvalue weighted by atomic mass is 19.1. The van der Waals surface area contributed by atoms with Crippen molar-refractivity contribution in [1.29, 1.82) is 0 Å². The number of halogens is 1. The lowest BCUT2D eigenvalue weighted by molar-refractivity contribution is -0.156. The molecule has 0 aliphatic rings. The molecular weight excluding hydrogens is 365 g/mol. The van der Waals surface area contributed by atoms with E-state index in [0.717, 1.165) is 5.56 Å². The van der Waals surface area contributed by atoms with Crippen LogP contribution in [0.25, 0.3) is 0 Å². The summed E-state index contributed by atoms with van der Waals surface area (Å²) in [6.45, 7) is 4.00. The second-order valence-corrected chi connectivity index (χ2v) is 5.99. The van der Waals surface area contributed by atoms with Gasteiger partial charge in [0.15, 0.2) is 12.7 Å². The zero-order chi connectivity index (χ0) is 20.4. The molecule has 0 spiro atoms. The Morgan fingerprint density at radius 3 is 2.21 bits per heavy atom. The molecule has 2 aromatic rings. The van der Waals surface area contributed by atoms with Crippen LogP contribution in [0.1, 0.15) is 19.4 Å². The van der Waals surface area contributed by atoms with Crippen molar-refractivity contribution in [2.45, 2.75) is 26.4 Å². The second-order valence-electron chi connectivity index (χ2n) is 5.99. The number of ether oxygens (including phenoxy) is 3. The molecule has 0 saturated carbocycles. The quantitative estimate of drug-likeness (QED) is 0.633. The van der Waals surface area contributed by atoms with E-state index in [1.54, 1.807) is 36.4 Å². The first-order valence-corrected chi connectivity index (χ1v) is 9.05. The van der Waals surface area contributed by atoms with Gasteiger partial charge in [0, 0.05) is 6.54 Å². The molecule has 0 heterocycles. The summed E-state index contributed by atoms with van der Waals surface area (Å²) >= 11 is 0. The summed E-state index contributed by atoms with van der Waals surface area (Å²) in [7, 11) is 0. The van der Waals surface area contributed by atoms with Crippen molar-refractivity contribution in [2.24, 2.45) is 0 Å². The summed E-state index contributed by atoms with van der Waals surface area (Å²) in [6, 6.07) is 12.9. The number of benzene rings is 2. The van der Waals surface area contributed by atoms with Crippen molar-refractivity contribution in [3.8, 4) is 11.5 Å². The average molecular weight is 389 g/mol. The molecule has 28 heavy (non-hydrogen) atoms. The number of rotatable bonds is 10. The maximum Gasteiger partial charge on any atom is 0.344 e. The van der Waals surface area contributed by atoms with Crippen LogP contribution in [0.5, 0.6) is 11.5 Å². The molecule has 0 aliphatic carbocycles. The molecule has 1 N–H and O–H groups in total. The van der Waals surface area contributed by atoms with Gasteiger partial charge < -0.3 is 19.5 Å². The van der Waals surface area contributed by atoms with Gasteiger partial charge in [0.05, 0.1) is 6.61 Å². The predicted octanol–water partition coefficient (Wildman–Crippen LogP) is 2.89. The van der Waals surface area contributed by atoms with Crippen LogP contribution in [0.15, 0.2) is 48.5 Å². The van der Waals surface area contributed by atoms with Crippen LogP contribution in [-0.4, -0.2) is 37.7 Å². The first-order valence-electron chi connectivity index (χ1n) is 9.05. The number of carbonyl (C=O) groups excluding carboxylic acids is 2. The van der Waals surface area contributed by atoms with E-state index in [0.29, 0.717) is 31.1 Å². The number of amides is 1. The smallest absolute Gasteiger partial charge is 0.344 e. The highest BCUT2D eigenvalue weighted by Crippen LogP contribution is 2.17. The van der Waals surface area contributed by atoms with Crippen molar-refractivity contribution >= 4 is 11.9 Å². The van der Waals surface area contributed by atoms with E-state index < -0.39 is 18.0 Å². The molecule has 1 amide bonds. The maximum atomic E-state index is 12.9. The zero-order valence-electron chi connectivity index (χ0n) is 15.9. The third-order valence-corrected chi connectivity index (χ3v) is 3.80. The van der Waals surface area contributed by atoms with Crippen LogP contribution in [0.4, 0.5) is 4.39 Å². The minimum Gasteiger partial charge on any atom is -0.494 e. The van der Waals surface area contributed by atoms with Gasteiger partial charge in [-0.05, 0) is 62.2 Å². The molecule has 2 aromatic carbocycles. The molecule has 2 rings (SSSR count). The Morgan fingerprint density at radius 2 is 1.61 bits per heavy atom. The van der Waals surface area contributed by atoms with E-state index in [4.69, 9.17) is 14.2 Å². The Kier molecular flexibility index (Phi) is 8.27. The van der Waals surface area contributed by atoms with Gasteiger partial charge in [0.25, 0.3) is 5.91 Å². The fourth-order valence-electron chi connectivity index (χ4n) is 2.35. The summed E-state index contributed by atoms with van der Waals surface area (Å²) in [6.07, 6.45) is -0.391. The van der Waals surface area contributed by atoms with Gasteiger partial charge in [-0.15, -0.1) is 0 Å². The molecule has 7 heteroatoms. The molecule has 0 saturated heterocycles. The number of carbonyl (C=O) groups is 2. The molecule has 0 aliphatic heterocycles. The fraction of sp³-hybridized carbons (Fsp3) is 0.333. The van der Waals surface area contributed by atoms with Gasteiger partial charge in [0.1, 0.15) is 17.3 Å². The van der Waals surface area contributed by atoms with E-state index in [1.165, 1.54) is 19.1 Å². The first-order chi connectivity index (χ1) is 13.5. The Hall–Kier alpha value is -3.09. The lowest BCUT2D eigenvalue weighted by Gasteiger charge is -2.14. The molecule has 0 bridgehead atoms. The van der Waals surface area contributed by atoms with Crippen LogP contribution >= 0.6 is 0 Å². The summed E-state index contributed by atoms with van der Waals surface area (Å²) in [5.74, 6) is -0.146. The number of nitrogens with one attached hydrogen (secondary N) is 1. The van der Waals surface area contributed by atoms with E-state index in [-0.39, 0.29) is 12.4 Å². The summed E-state index contributed by atoms with van der Waals surface area (Å²) in [5, 5.41) is 2.68. The van der Waals surface area contributed by atoms with Crippen LogP contribution < -0.4 is 14.8 Å². The monoisotopic (exact) mass is 389 g/mol. The lowest BCUT2D eigenvalue weighted by Crippen LogP contribution is -2.37. The van der Waals surface area contributed by atoms with Crippen LogP contribution in [-0.2, 0) is 20.7 Å². The van der Waals surface area contributed by atoms with Crippen LogP contribution in [0.3, 0.4) is 0 Å². The van der Waals surface area contributed by atoms with Crippen LogP contribution in [0.2, 0.25) is 0 Å². The molecule has 0 fully saturated rings. The number of hydrogen-bond acceptors (Lipinski definition) is 5. The van der Waals surface area contributed by atoms with Gasteiger partial charge in [-0.2, -0.15) is 0 Å².